The summed E-state index contributed by atoms with van der Waals surface area (Å²) < 4.78 is 5.23. The Labute approximate surface area is 139 Å². The zero-order valence-electron chi connectivity index (χ0n) is 14.2. The molecule has 0 aromatic heterocycles. The van der Waals surface area contributed by atoms with Crippen molar-refractivity contribution < 1.29 is 9.53 Å². The molecule has 1 aromatic carbocycles. The number of nitrogens with zero attached hydrogens (tertiary/aromatic N) is 1. The summed E-state index contributed by atoms with van der Waals surface area (Å²) in [6.45, 7) is 3.00. The largest absolute Gasteiger partial charge is 0.497 e. The van der Waals surface area contributed by atoms with Crippen molar-refractivity contribution in [1.29, 1.82) is 0 Å². The molecule has 0 radical (unpaired) electrons. The van der Waals surface area contributed by atoms with Gasteiger partial charge in [-0.25, -0.2) is 0 Å². The molecule has 0 spiro atoms. The van der Waals surface area contributed by atoms with E-state index in [4.69, 9.17) is 10.5 Å². The van der Waals surface area contributed by atoms with Crippen molar-refractivity contribution >= 4 is 5.91 Å². The maximum absolute atomic E-state index is 12.9. The summed E-state index contributed by atoms with van der Waals surface area (Å²) in [7, 11) is 1.68. The lowest BCUT2D eigenvalue weighted by Gasteiger charge is -2.31. The van der Waals surface area contributed by atoms with Crippen molar-refractivity contribution in [3.8, 4) is 5.75 Å². The molecule has 2 fully saturated rings. The second-order valence-electron chi connectivity index (χ2n) is 7.17. The minimum atomic E-state index is 0.135. The van der Waals surface area contributed by atoms with Crippen LogP contribution >= 0.6 is 0 Å². The van der Waals surface area contributed by atoms with Crippen LogP contribution in [-0.4, -0.2) is 36.5 Å². The molecular formula is C19H28N2O2. The van der Waals surface area contributed by atoms with E-state index in [2.05, 4.69) is 24.0 Å². The molecule has 4 nitrogen and oxygen atoms in total. The normalized spacial score (nSPS) is 31.2. The van der Waals surface area contributed by atoms with Crippen LogP contribution < -0.4 is 10.5 Å². The highest BCUT2D eigenvalue weighted by atomic mass is 16.5. The van der Waals surface area contributed by atoms with Crippen molar-refractivity contribution in [3.63, 3.8) is 0 Å². The van der Waals surface area contributed by atoms with E-state index in [0.717, 1.165) is 44.4 Å². The van der Waals surface area contributed by atoms with Gasteiger partial charge in [0.15, 0.2) is 0 Å². The molecule has 1 aliphatic carbocycles. The molecule has 1 saturated heterocycles. The maximum atomic E-state index is 12.9. The third-order valence-corrected chi connectivity index (χ3v) is 5.51. The predicted octanol–water partition coefficient (Wildman–Crippen LogP) is 2.92. The van der Waals surface area contributed by atoms with Crippen LogP contribution in [0.5, 0.6) is 5.75 Å². The number of amides is 1. The van der Waals surface area contributed by atoms with Gasteiger partial charge in [0.05, 0.1) is 7.11 Å². The molecular weight excluding hydrogens is 288 g/mol. The predicted molar refractivity (Wildman–Crippen MR) is 91.5 cm³/mol. The van der Waals surface area contributed by atoms with Gasteiger partial charge in [0.2, 0.25) is 5.91 Å². The third kappa shape index (κ3) is 3.52. The van der Waals surface area contributed by atoms with E-state index in [1.807, 2.05) is 12.1 Å². The van der Waals surface area contributed by atoms with Crippen molar-refractivity contribution in [2.75, 3.05) is 13.7 Å². The zero-order chi connectivity index (χ0) is 16.4. The van der Waals surface area contributed by atoms with Crippen LogP contribution in [0.2, 0.25) is 0 Å². The van der Waals surface area contributed by atoms with Gasteiger partial charge in [-0.2, -0.15) is 0 Å². The molecule has 1 aliphatic heterocycles. The lowest BCUT2D eigenvalue weighted by molar-refractivity contribution is -0.137. The molecule has 3 rings (SSSR count). The lowest BCUT2D eigenvalue weighted by atomic mass is 9.85. The molecule has 0 bridgehead atoms. The number of methoxy groups -OCH3 is 1. The SMILES string of the molecule is COc1ccc([C@@H]2C[C@H](C)N(C(=O)[C@H]3CCC[C@@H](N)C3)C2)cc1. The smallest absolute Gasteiger partial charge is 0.225 e. The Morgan fingerprint density at radius 3 is 2.61 bits per heavy atom. The molecule has 1 amide bonds. The molecule has 2 N–H and O–H groups in total. The number of hydrogen-bond donors (Lipinski definition) is 1. The number of rotatable bonds is 3. The van der Waals surface area contributed by atoms with Crippen LogP contribution in [0.25, 0.3) is 0 Å². The Kier molecular flexibility index (Phi) is 4.90. The van der Waals surface area contributed by atoms with Gasteiger partial charge in [0.25, 0.3) is 0 Å². The minimum Gasteiger partial charge on any atom is -0.497 e. The molecule has 23 heavy (non-hydrogen) atoms. The summed E-state index contributed by atoms with van der Waals surface area (Å²) in [6.07, 6.45) is 5.05. The van der Waals surface area contributed by atoms with E-state index in [1.54, 1.807) is 7.11 Å². The summed E-state index contributed by atoms with van der Waals surface area (Å²) in [5.74, 6) is 1.76. The molecule has 1 saturated carbocycles. The summed E-state index contributed by atoms with van der Waals surface area (Å²) >= 11 is 0. The van der Waals surface area contributed by atoms with Crippen LogP contribution in [0.3, 0.4) is 0 Å². The summed E-state index contributed by atoms with van der Waals surface area (Å²) in [5.41, 5.74) is 7.36. The van der Waals surface area contributed by atoms with Crippen molar-refractivity contribution in [2.24, 2.45) is 11.7 Å². The topological polar surface area (TPSA) is 55.6 Å². The summed E-state index contributed by atoms with van der Waals surface area (Å²) in [4.78, 5) is 15.0. The van der Waals surface area contributed by atoms with E-state index in [-0.39, 0.29) is 12.0 Å². The molecule has 1 heterocycles. The number of ether oxygens (including phenoxy) is 1. The van der Waals surface area contributed by atoms with Gasteiger partial charge in [-0.15, -0.1) is 0 Å². The fourth-order valence-corrected chi connectivity index (χ4v) is 4.14. The fraction of sp³-hybridized carbons (Fsp3) is 0.632. The standard InChI is InChI=1S/C19H28N2O2/c1-13-10-16(14-6-8-18(23-2)9-7-14)12-21(13)19(22)15-4-3-5-17(20)11-15/h6-9,13,15-17H,3-5,10-12,20H2,1-2H3/t13-,15-,16+,17+/m0/s1. The van der Waals surface area contributed by atoms with Crippen LogP contribution in [0.1, 0.15) is 50.5 Å². The van der Waals surface area contributed by atoms with E-state index < -0.39 is 0 Å². The Hall–Kier alpha value is -1.55. The maximum Gasteiger partial charge on any atom is 0.225 e. The Balaban J connectivity index is 1.66. The van der Waals surface area contributed by atoms with Crippen LogP contribution in [0.15, 0.2) is 24.3 Å². The molecule has 0 unspecified atom stereocenters. The Morgan fingerprint density at radius 2 is 1.96 bits per heavy atom. The van der Waals surface area contributed by atoms with Gasteiger partial charge in [-0.05, 0) is 50.3 Å². The van der Waals surface area contributed by atoms with E-state index >= 15 is 0 Å². The number of benzene rings is 1. The van der Waals surface area contributed by atoms with Gasteiger partial charge in [0.1, 0.15) is 5.75 Å². The lowest BCUT2D eigenvalue weighted by Crippen LogP contribution is -2.42. The number of hydrogen-bond acceptors (Lipinski definition) is 3. The highest BCUT2D eigenvalue weighted by molar-refractivity contribution is 5.79. The summed E-state index contributed by atoms with van der Waals surface area (Å²) in [5, 5.41) is 0. The first-order valence-corrected chi connectivity index (χ1v) is 8.78. The molecule has 2 aliphatic rings. The second kappa shape index (κ2) is 6.91. The van der Waals surface area contributed by atoms with Gasteiger partial charge in [-0.1, -0.05) is 18.6 Å². The highest BCUT2D eigenvalue weighted by Gasteiger charge is 2.37. The average Bonchev–Trinajstić information content (AvgIpc) is 2.96. The van der Waals surface area contributed by atoms with Crippen molar-refractivity contribution in [2.45, 2.75) is 57.0 Å². The molecule has 4 atom stereocenters. The average molecular weight is 316 g/mol. The number of carbonyl (C=O) groups excluding carboxylic acids is 1. The first-order chi connectivity index (χ1) is 11.1. The Morgan fingerprint density at radius 1 is 1.22 bits per heavy atom. The van der Waals surface area contributed by atoms with Gasteiger partial charge < -0.3 is 15.4 Å². The fourth-order valence-electron chi connectivity index (χ4n) is 4.14. The van der Waals surface area contributed by atoms with E-state index in [9.17, 15) is 4.79 Å². The van der Waals surface area contributed by atoms with Crippen LogP contribution in [0.4, 0.5) is 0 Å². The third-order valence-electron chi connectivity index (χ3n) is 5.51. The number of likely N-dealkylation sites (tertiary alicyclic amines) is 1. The highest BCUT2D eigenvalue weighted by Crippen LogP contribution is 2.35. The summed E-state index contributed by atoms with van der Waals surface area (Å²) in [6, 6.07) is 8.78. The molecule has 1 aromatic rings. The Bertz CT molecular complexity index is 543. The second-order valence-corrected chi connectivity index (χ2v) is 7.17. The number of carbonyl (C=O) groups is 1. The molecule has 4 heteroatoms. The van der Waals surface area contributed by atoms with Crippen molar-refractivity contribution in [3.05, 3.63) is 29.8 Å². The van der Waals surface area contributed by atoms with Gasteiger partial charge in [-0.3, -0.25) is 4.79 Å². The minimum absolute atomic E-state index is 0.135. The van der Waals surface area contributed by atoms with Gasteiger partial charge >= 0.3 is 0 Å². The van der Waals surface area contributed by atoms with Gasteiger partial charge in [0, 0.05) is 30.5 Å². The van der Waals surface area contributed by atoms with E-state index in [1.165, 1.54) is 5.56 Å². The van der Waals surface area contributed by atoms with E-state index in [0.29, 0.717) is 17.9 Å². The quantitative estimate of drug-likeness (QED) is 0.933. The van der Waals surface area contributed by atoms with Crippen LogP contribution in [-0.2, 0) is 4.79 Å². The first kappa shape index (κ1) is 16.3. The zero-order valence-corrected chi connectivity index (χ0v) is 14.2. The molecule has 126 valence electrons. The van der Waals surface area contributed by atoms with Crippen molar-refractivity contribution in [1.82, 2.24) is 4.90 Å². The van der Waals surface area contributed by atoms with Crippen LogP contribution in [0, 0.1) is 5.92 Å². The number of nitrogens with two attached hydrogens (primary N) is 1. The monoisotopic (exact) mass is 316 g/mol. The first-order valence-electron chi connectivity index (χ1n) is 8.78.